The summed E-state index contributed by atoms with van der Waals surface area (Å²) in [7, 11) is 0. The molecule has 0 aliphatic carbocycles. The Kier molecular flexibility index (Phi) is 9.05. The minimum Gasteiger partial charge on any atom is -0.317 e. The highest BCUT2D eigenvalue weighted by atomic mass is 32.2. The molecule has 0 radical (unpaired) electrons. The first-order valence-corrected chi connectivity index (χ1v) is 8.48. The molecule has 0 heterocycles. The van der Waals surface area contributed by atoms with Crippen molar-refractivity contribution in [1.29, 1.82) is 0 Å². The van der Waals surface area contributed by atoms with Crippen LogP contribution in [0.4, 0.5) is 0 Å². The van der Waals surface area contributed by atoms with Crippen LogP contribution in [0.15, 0.2) is 30.3 Å². The van der Waals surface area contributed by atoms with Crippen LogP contribution in [0, 0.1) is 0 Å². The number of hydrogen-bond acceptors (Lipinski definition) is 2. The lowest BCUT2D eigenvalue weighted by Gasteiger charge is -2.12. The number of rotatable bonds is 10. The molecule has 0 spiro atoms. The third kappa shape index (κ3) is 7.07. The van der Waals surface area contributed by atoms with Crippen molar-refractivity contribution in [1.82, 2.24) is 5.32 Å². The van der Waals surface area contributed by atoms with Crippen molar-refractivity contribution >= 4 is 11.8 Å². The van der Waals surface area contributed by atoms with Gasteiger partial charge in [-0.3, -0.25) is 0 Å². The van der Waals surface area contributed by atoms with E-state index >= 15 is 0 Å². The van der Waals surface area contributed by atoms with Gasteiger partial charge in [0.2, 0.25) is 0 Å². The summed E-state index contributed by atoms with van der Waals surface area (Å²) in [6.07, 6.45) is 7.46. The zero-order valence-corrected chi connectivity index (χ0v) is 12.6. The monoisotopic (exact) mass is 265 g/mol. The highest BCUT2D eigenvalue weighted by Gasteiger charge is 2.03. The number of hydrogen-bond donors (Lipinski definition) is 1. The highest BCUT2D eigenvalue weighted by Crippen LogP contribution is 2.17. The molecule has 1 aromatic carbocycles. The summed E-state index contributed by atoms with van der Waals surface area (Å²) in [6.45, 7) is 4.63. The second-order valence-corrected chi connectivity index (χ2v) is 5.89. The molecule has 1 rings (SSSR count). The number of nitrogens with one attached hydrogen (secondary N) is 1. The lowest BCUT2D eigenvalue weighted by atomic mass is 9.98. The number of thioether (sulfide) groups is 1. The predicted molar refractivity (Wildman–Crippen MR) is 84.6 cm³/mol. The van der Waals surface area contributed by atoms with Crippen LogP contribution in [0.25, 0.3) is 0 Å². The fourth-order valence-corrected chi connectivity index (χ4v) is 2.56. The molecular formula is C16H27NS. The smallest absolute Gasteiger partial charge is 0.00432 e. The van der Waals surface area contributed by atoms with E-state index in [0.29, 0.717) is 5.92 Å². The third-order valence-corrected chi connectivity index (χ3v) is 4.02. The van der Waals surface area contributed by atoms with Crippen LogP contribution >= 0.6 is 11.8 Å². The molecule has 1 N–H and O–H groups in total. The maximum atomic E-state index is 3.56. The molecule has 0 aliphatic heterocycles. The second-order valence-electron chi connectivity index (χ2n) is 4.90. The van der Waals surface area contributed by atoms with E-state index in [-0.39, 0.29) is 0 Å². The largest absolute Gasteiger partial charge is 0.317 e. The van der Waals surface area contributed by atoms with Crippen LogP contribution in [-0.4, -0.2) is 25.1 Å². The van der Waals surface area contributed by atoms with Gasteiger partial charge in [-0.1, -0.05) is 43.7 Å². The average Bonchev–Trinajstić information content (AvgIpc) is 2.42. The Morgan fingerprint density at radius 1 is 1.06 bits per heavy atom. The van der Waals surface area contributed by atoms with Crippen molar-refractivity contribution in [2.24, 2.45) is 0 Å². The number of unbranched alkanes of at least 4 members (excludes halogenated alkanes) is 2. The van der Waals surface area contributed by atoms with Gasteiger partial charge >= 0.3 is 0 Å². The SMILES string of the molecule is CSCCCCCNCCC(C)c1ccccc1. The average molecular weight is 265 g/mol. The molecule has 102 valence electrons. The molecule has 1 aromatic rings. The number of benzene rings is 1. The Morgan fingerprint density at radius 3 is 2.56 bits per heavy atom. The van der Waals surface area contributed by atoms with Gasteiger partial charge in [0.15, 0.2) is 0 Å². The van der Waals surface area contributed by atoms with Gasteiger partial charge in [0.05, 0.1) is 0 Å². The van der Waals surface area contributed by atoms with Crippen LogP contribution in [0.1, 0.15) is 44.1 Å². The Balaban J connectivity index is 1.98. The van der Waals surface area contributed by atoms with Crippen LogP contribution in [0.5, 0.6) is 0 Å². The summed E-state index contributed by atoms with van der Waals surface area (Å²) in [4.78, 5) is 0. The van der Waals surface area contributed by atoms with Crippen LogP contribution in [0.2, 0.25) is 0 Å². The molecule has 0 saturated carbocycles. The Hall–Kier alpha value is -0.470. The molecule has 0 aliphatic rings. The van der Waals surface area contributed by atoms with E-state index in [0.717, 1.165) is 6.54 Å². The van der Waals surface area contributed by atoms with Gasteiger partial charge in [0, 0.05) is 0 Å². The topological polar surface area (TPSA) is 12.0 Å². The van der Waals surface area contributed by atoms with Crippen LogP contribution in [0.3, 0.4) is 0 Å². The lowest BCUT2D eigenvalue weighted by Crippen LogP contribution is -2.18. The summed E-state index contributed by atoms with van der Waals surface area (Å²) in [5, 5.41) is 3.56. The van der Waals surface area contributed by atoms with Crippen molar-refractivity contribution in [3.8, 4) is 0 Å². The fourth-order valence-electron chi connectivity index (χ4n) is 2.06. The van der Waals surface area contributed by atoms with Gasteiger partial charge in [-0.2, -0.15) is 11.8 Å². The second kappa shape index (κ2) is 10.5. The van der Waals surface area contributed by atoms with Gasteiger partial charge in [-0.05, 0) is 55.8 Å². The summed E-state index contributed by atoms with van der Waals surface area (Å²) in [6, 6.07) is 10.8. The van der Waals surface area contributed by atoms with Crippen LogP contribution < -0.4 is 5.32 Å². The Morgan fingerprint density at radius 2 is 1.83 bits per heavy atom. The first-order valence-electron chi connectivity index (χ1n) is 7.09. The van der Waals surface area contributed by atoms with Gasteiger partial charge < -0.3 is 5.32 Å². The maximum Gasteiger partial charge on any atom is -0.00432 e. The summed E-state index contributed by atoms with van der Waals surface area (Å²) >= 11 is 1.95. The van der Waals surface area contributed by atoms with Gasteiger partial charge in [-0.15, -0.1) is 0 Å². The summed E-state index contributed by atoms with van der Waals surface area (Å²) in [5.74, 6) is 1.97. The molecule has 0 aromatic heterocycles. The van der Waals surface area contributed by atoms with Crippen molar-refractivity contribution in [2.45, 2.75) is 38.5 Å². The molecule has 2 heteroatoms. The standard InChI is InChI=1S/C16H27NS/c1-15(16-9-5-3-6-10-16)11-13-17-12-7-4-8-14-18-2/h3,5-6,9-10,15,17H,4,7-8,11-14H2,1-2H3. The van der Waals surface area contributed by atoms with Gasteiger partial charge in [-0.25, -0.2) is 0 Å². The highest BCUT2D eigenvalue weighted by molar-refractivity contribution is 7.98. The molecule has 0 amide bonds. The zero-order chi connectivity index (χ0) is 13.1. The quantitative estimate of drug-likeness (QED) is 0.633. The predicted octanol–water partition coefficient (Wildman–Crippen LogP) is 4.30. The van der Waals surface area contributed by atoms with Crippen molar-refractivity contribution in [3.63, 3.8) is 0 Å². The van der Waals surface area contributed by atoms with Gasteiger partial charge in [0.1, 0.15) is 0 Å². The van der Waals surface area contributed by atoms with Crippen molar-refractivity contribution in [2.75, 3.05) is 25.1 Å². The fraction of sp³-hybridized carbons (Fsp3) is 0.625. The molecular weight excluding hydrogens is 238 g/mol. The van der Waals surface area contributed by atoms with E-state index in [9.17, 15) is 0 Å². The normalized spacial score (nSPS) is 12.6. The van der Waals surface area contributed by atoms with E-state index in [1.807, 2.05) is 11.8 Å². The van der Waals surface area contributed by atoms with E-state index < -0.39 is 0 Å². The first-order chi connectivity index (χ1) is 8.84. The molecule has 0 saturated heterocycles. The molecule has 18 heavy (non-hydrogen) atoms. The summed E-state index contributed by atoms with van der Waals surface area (Å²) < 4.78 is 0. The van der Waals surface area contributed by atoms with E-state index in [4.69, 9.17) is 0 Å². The van der Waals surface area contributed by atoms with Crippen molar-refractivity contribution < 1.29 is 0 Å². The molecule has 1 atom stereocenters. The minimum absolute atomic E-state index is 0.662. The first kappa shape index (κ1) is 15.6. The summed E-state index contributed by atoms with van der Waals surface area (Å²) in [5.41, 5.74) is 1.46. The Labute approximate surface area is 117 Å². The van der Waals surface area contributed by atoms with Crippen molar-refractivity contribution in [3.05, 3.63) is 35.9 Å². The molecule has 0 bridgehead atoms. The Bertz CT molecular complexity index is 286. The van der Waals surface area contributed by atoms with Gasteiger partial charge in [0.25, 0.3) is 0 Å². The van der Waals surface area contributed by atoms with E-state index in [1.165, 1.54) is 43.5 Å². The minimum atomic E-state index is 0.662. The lowest BCUT2D eigenvalue weighted by molar-refractivity contribution is 0.569. The van der Waals surface area contributed by atoms with E-state index in [2.05, 4.69) is 48.8 Å². The molecule has 0 fully saturated rings. The molecule has 1 unspecified atom stereocenters. The van der Waals surface area contributed by atoms with E-state index in [1.54, 1.807) is 0 Å². The molecule has 1 nitrogen and oxygen atoms in total. The van der Waals surface area contributed by atoms with Crippen LogP contribution in [-0.2, 0) is 0 Å². The zero-order valence-electron chi connectivity index (χ0n) is 11.8. The third-order valence-electron chi connectivity index (χ3n) is 3.32. The maximum absolute atomic E-state index is 3.56.